The lowest BCUT2D eigenvalue weighted by Crippen LogP contribution is -2.45. The van der Waals surface area contributed by atoms with Gasteiger partial charge in [-0.2, -0.15) is 0 Å². The molecule has 0 unspecified atom stereocenters. The van der Waals surface area contributed by atoms with E-state index in [2.05, 4.69) is 86.0 Å². The quantitative estimate of drug-likeness (QED) is 0.0888. The molecular formula is C43H37AlO3. The standard InChI is InChI=1S/2C15H13O.C13H11O.Al/c2*1-2-15(16,13-9-5-3-6-10-13)14-11-7-4-8-12-14;14-13(11-7-3-1-4-8-11)12-9-5-2-6-10-12;/h2*2-12H,1H2;1-10,13H;/q3*-1;+3. The summed E-state index contributed by atoms with van der Waals surface area (Å²) in [4.78, 5) is 0. The van der Waals surface area contributed by atoms with Crippen molar-refractivity contribution in [1.29, 1.82) is 0 Å². The van der Waals surface area contributed by atoms with Gasteiger partial charge < -0.3 is 11.4 Å². The zero-order valence-corrected chi connectivity index (χ0v) is 27.4. The summed E-state index contributed by atoms with van der Waals surface area (Å²) in [5, 5.41) is 0. The Bertz CT molecular complexity index is 1620. The van der Waals surface area contributed by atoms with E-state index in [1.54, 1.807) is 0 Å². The lowest BCUT2D eigenvalue weighted by atomic mass is 9.86. The molecular weight excluding hydrogens is 591 g/mol. The summed E-state index contributed by atoms with van der Waals surface area (Å²) in [6, 6.07) is 61.0. The summed E-state index contributed by atoms with van der Waals surface area (Å²) in [5.41, 5.74) is 3.54. The van der Waals surface area contributed by atoms with Crippen molar-refractivity contribution < 1.29 is 11.4 Å². The molecule has 0 aromatic heterocycles. The van der Waals surface area contributed by atoms with Crippen LogP contribution in [0.4, 0.5) is 0 Å². The molecule has 0 fully saturated rings. The van der Waals surface area contributed by atoms with Crippen LogP contribution in [0.25, 0.3) is 0 Å². The monoisotopic (exact) mass is 628 g/mol. The number of hydrogen-bond acceptors (Lipinski definition) is 3. The largest absolute Gasteiger partial charge is 0.908 e. The van der Waals surface area contributed by atoms with Crippen molar-refractivity contribution in [1.82, 2.24) is 0 Å². The highest BCUT2D eigenvalue weighted by atomic mass is 27.3. The van der Waals surface area contributed by atoms with Crippen LogP contribution < -0.4 is 0 Å². The Morgan fingerprint density at radius 2 is 0.660 bits per heavy atom. The van der Waals surface area contributed by atoms with Crippen molar-refractivity contribution in [3.63, 3.8) is 0 Å². The van der Waals surface area contributed by atoms with E-state index >= 15 is 0 Å². The molecule has 47 heavy (non-hydrogen) atoms. The van der Waals surface area contributed by atoms with Crippen LogP contribution in [0, 0.1) is 0 Å². The molecule has 0 N–H and O–H groups in total. The Hall–Kier alpha value is -4.79. The molecule has 3 nitrogen and oxygen atoms in total. The van der Waals surface area contributed by atoms with Crippen LogP contribution in [0.5, 0.6) is 0 Å². The minimum absolute atomic E-state index is 0.461. The van der Waals surface area contributed by atoms with Crippen LogP contribution in [-0.2, 0) is 22.6 Å². The molecule has 0 bridgehead atoms. The second-order valence-electron chi connectivity index (χ2n) is 11.2. The van der Waals surface area contributed by atoms with Gasteiger partial charge in [0.1, 0.15) is 11.2 Å². The minimum atomic E-state index is -3.24. The molecule has 0 aliphatic carbocycles. The molecule has 0 amide bonds. The first-order valence-corrected chi connectivity index (χ1v) is 17.2. The summed E-state index contributed by atoms with van der Waals surface area (Å²) in [5.74, 6) is 0. The van der Waals surface area contributed by atoms with Gasteiger partial charge in [-0.25, -0.2) is 0 Å². The van der Waals surface area contributed by atoms with E-state index in [-0.39, 0.29) is 0 Å². The van der Waals surface area contributed by atoms with Crippen LogP contribution in [0.15, 0.2) is 207 Å². The topological polar surface area (TPSA) is 27.7 Å². The maximum absolute atomic E-state index is 7.36. The van der Waals surface area contributed by atoms with Crippen molar-refractivity contribution in [3.05, 3.63) is 241 Å². The van der Waals surface area contributed by atoms with Crippen LogP contribution >= 0.6 is 0 Å². The van der Waals surface area contributed by atoms with E-state index in [9.17, 15) is 0 Å². The highest BCUT2D eigenvalue weighted by Crippen LogP contribution is 2.41. The molecule has 0 radical (unpaired) electrons. The van der Waals surface area contributed by atoms with E-state index in [4.69, 9.17) is 11.4 Å². The van der Waals surface area contributed by atoms with Gasteiger partial charge >= 0.3 is 15.1 Å². The summed E-state index contributed by atoms with van der Waals surface area (Å²) >= 11 is -3.24. The third-order valence-corrected chi connectivity index (χ3v) is 10.0. The zero-order chi connectivity index (χ0) is 32.4. The van der Waals surface area contributed by atoms with Crippen LogP contribution in [0.3, 0.4) is 0 Å². The molecule has 0 atom stereocenters. The average molecular weight is 629 g/mol. The van der Waals surface area contributed by atoms with Crippen LogP contribution in [0.1, 0.15) is 39.5 Å². The van der Waals surface area contributed by atoms with Gasteiger partial charge in [0.05, 0.1) is 6.10 Å². The Morgan fingerprint density at radius 3 is 0.915 bits per heavy atom. The second kappa shape index (κ2) is 15.2. The van der Waals surface area contributed by atoms with Gasteiger partial charge in [0, 0.05) is 0 Å². The highest BCUT2D eigenvalue weighted by Gasteiger charge is 2.50. The minimum Gasteiger partial charge on any atom is -0.444 e. The fourth-order valence-electron chi connectivity index (χ4n) is 6.02. The summed E-state index contributed by atoms with van der Waals surface area (Å²) < 4.78 is 21.9. The Labute approximate surface area is 283 Å². The predicted octanol–water partition coefficient (Wildman–Crippen LogP) is 10.1. The van der Waals surface area contributed by atoms with Crippen molar-refractivity contribution >= 4 is 15.1 Å². The lowest BCUT2D eigenvalue weighted by Gasteiger charge is -2.40. The Balaban J connectivity index is 1.55. The maximum Gasteiger partial charge on any atom is 0.908 e. The molecule has 0 spiro atoms. The first-order chi connectivity index (χ1) is 23.2. The molecule has 6 aromatic rings. The van der Waals surface area contributed by atoms with Crippen LogP contribution in [-0.4, -0.2) is 15.1 Å². The number of hydrogen-bond donors (Lipinski definition) is 0. The lowest BCUT2D eigenvalue weighted by molar-refractivity contribution is -0.0124. The highest BCUT2D eigenvalue weighted by molar-refractivity contribution is 6.37. The third-order valence-electron chi connectivity index (χ3n) is 8.40. The van der Waals surface area contributed by atoms with Crippen molar-refractivity contribution in [2.75, 3.05) is 0 Å². The van der Waals surface area contributed by atoms with Gasteiger partial charge in [0.25, 0.3) is 0 Å². The van der Waals surface area contributed by atoms with E-state index in [0.29, 0.717) is 0 Å². The predicted molar refractivity (Wildman–Crippen MR) is 191 cm³/mol. The van der Waals surface area contributed by atoms with Gasteiger partial charge in [0.15, 0.2) is 0 Å². The van der Waals surface area contributed by atoms with E-state index in [0.717, 1.165) is 33.4 Å². The fraction of sp³-hybridized carbons (Fsp3) is 0.0698. The van der Waals surface area contributed by atoms with Crippen molar-refractivity contribution in [3.8, 4) is 0 Å². The normalized spacial score (nSPS) is 11.6. The summed E-state index contributed by atoms with van der Waals surface area (Å²) in [6.07, 6.45) is 3.24. The maximum atomic E-state index is 7.36. The SMILES string of the molecule is C=CC([O][Al]([O]C(c1ccccc1)c1ccccc1)[O]C(C=C)(c1ccccc1)c1ccccc1)(c1ccccc1)c1ccccc1. The first kappa shape index (κ1) is 32.2. The van der Waals surface area contributed by atoms with Gasteiger partial charge in [-0.15, -0.1) is 0 Å². The summed E-state index contributed by atoms with van der Waals surface area (Å²) in [6.45, 7) is 8.67. The third kappa shape index (κ3) is 6.99. The molecule has 6 rings (SSSR count). The number of rotatable bonds is 14. The number of benzene rings is 6. The second-order valence-corrected chi connectivity index (χ2v) is 12.5. The smallest absolute Gasteiger partial charge is 0.444 e. The Morgan fingerprint density at radius 1 is 0.404 bits per heavy atom. The molecule has 4 heteroatoms. The molecule has 0 aliphatic rings. The molecule has 6 aromatic carbocycles. The summed E-state index contributed by atoms with van der Waals surface area (Å²) in [7, 11) is 0. The average Bonchev–Trinajstić information content (AvgIpc) is 3.17. The molecule has 0 aliphatic heterocycles. The van der Waals surface area contributed by atoms with Gasteiger partial charge in [-0.1, -0.05) is 207 Å². The van der Waals surface area contributed by atoms with E-state index in [1.807, 2.05) is 121 Å². The van der Waals surface area contributed by atoms with Crippen molar-refractivity contribution in [2.24, 2.45) is 0 Å². The van der Waals surface area contributed by atoms with E-state index in [1.165, 1.54) is 0 Å². The van der Waals surface area contributed by atoms with Gasteiger partial charge in [-0.3, -0.25) is 0 Å². The molecule has 230 valence electrons. The van der Waals surface area contributed by atoms with Crippen molar-refractivity contribution in [2.45, 2.75) is 17.3 Å². The molecule has 0 saturated heterocycles. The fourth-order valence-corrected chi connectivity index (χ4v) is 8.06. The van der Waals surface area contributed by atoms with Crippen LogP contribution in [0.2, 0.25) is 0 Å². The Kier molecular flexibility index (Phi) is 10.4. The molecule has 0 heterocycles. The van der Waals surface area contributed by atoms with Gasteiger partial charge in [0.2, 0.25) is 0 Å². The van der Waals surface area contributed by atoms with Gasteiger partial charge in [-0.05, 0) is 33.4 Å². The van der Waals surface area contributed by atoms with E-state index < -0.39 is 32.5 Å². The molecule has 0 saturated carbocycles. The first-order valence-electron chi connectivity index (χ1n) is 15.8. The zero-order valence-electron chi connectivity index (χ0n) is 26.3.